The average molecular weight is 397 g/mol. The standard InChI is InChI=1S/C22H30Cl2O2/c1-12(25)26-18-7-6-14-13-4-5-16-19-17(22(19,23)24)9-10-20(16,2)15(13)8-11-21(14,18)3/h5,13-15,17-19H,4,6-11H2,1-3H3. The first kappa shape index (κ1) is 17.9. The van der Waals surface area contributed by atoms with Crippen LogP contribution in [-0.2, 0) is 9.53 Å². The van der Waals surface area contributed by atoms with Gasteiger partial charge in [-0.25, -0.2) is 0 Å². The summed E-state index contributed by atoms with van der Waals surface area (Å²) in [6.07, 6.45) is 10.9. The highest BCUT2D eigenvalue weighted by molar-refractivity contribution is 6.51. The molecule has 0 radical (unpaired) electrons. The lowest BCUT2D eigenvalue weighted by molar-refractivity contribution is -0.156. The molecule has 5 rings (SSSR count). The zero-order chi connectivity index (χ0) is 18.5. The summed E-state index contributed by atoms with van der Waals surface area (Å²) in [6, 6.07) is 0. The molecule has 4 fully saturated rings. The smallest absolute Gasteiger partial charge is 0.302 e. The number of hydrogen-bond acceptors (Lipinski definition) is 2. The van der Waals surface area contributed by atoms with E-state index in [1.165, 1.54) is 32.1 Å². The van der Waals surface area contributed by atoms with Crippen LogP contribution < -0.4 is 0 Å². The van der Waals surface area contributed by atoms with Crippen molar-refractivity contribution in [3.8, 4) is 0 Å². The monoisotopic (exact) mass is 396 g/mol. The van der Waals surface area contributed by atoms with Crippen molar-refractivity contribution < 1.29 is 9.53 Å². The molecule has 144 valence electrons. The maximum Gasteiger partial charge on any atom is 0.302 e. The van der Waals surface area contributed by atoms with Crippen LogP contribution in [0, 0.1) is 40.4 Å². The first-order valence-corrected chi connectivity index (χ1v) is 11.2. The van der Waals surface area contributed by atoms with Crippen molar-refractivity contribution in [2.24, 2.45) is 40.4 Å². The molecule has 2 nitrogen and oxygen atoms in total. The minimum absolute atomic E-state index is 0.113. The second-order valence-electron chi connectivity index (χ2n) is 10.2. The van der Waals surface area contributed by atoms with Gasteiger partial charge in [0.05, 0.1) is 0 Å². The Morgan fingerprint density at radius 2 is 1.81 bits per heavy atom. The molecule has 0 N–H and O–H groups in total. The van der Waals surface area contributed by atoms with Crippen molar-refractivity contribution in [1.82, 2.24) is 0 Å². The Balaban J connectivity index is 1.46. The van der Waals surface area contributed by atoms with E-state index in [0.717, 1.165) is 24.7 Å². The summed E-state index contributed by atoms with van der Waals surface area (Å²) in [5, 5.41) is 0. The molecule has 0 aromatic carbocycles. The summed E-state index contributed by atoms with van der Waals surface area (Å²) in [5.41, 5.74) is 2.02. The molecule has 0 heterocycles. The van der Waals surface area contributed by atoms with Gasteiger partial charge in [0.25, 0.3) is 0 Å². The quantitative estimate of drug-likeness (QED) is 0.312. The first-order valence-electron chi connectivity index (χ1n) is 10.4. The average Bonchev–Trinajstić information content (AvgIpc) is 2.96. The lowest BCUT2D eigenvalue weighted by atomic mass is 9.48. The molecule has 26 heavy (non-hydrogen) atoms. The molecule has 0 aliphatic heterocycles. The number of fused-ring (bicyclic) bond motifs is 7. The Morgan fingerprint density at radius 1 is 1.08 bits per heavy atom. The van der Waals surface area contributed by atoms with Gasteiger partial charge in [-0.2, -0.15) is 0 Å². The molecule has 0 bridgehead atoms. The van der Waals surface area contributed by atoms with Crippen LogP contribution in [0.3, 0.4) is 0 Å². The number of halogens is 2. The van der Waals surface area contributed by atoms with Crippen molar-refractivity contribution in [3.63, 3.8) is 0 Å². The van der Waals surface area contributed by atoms with E-state index in [9.17, 15) is 4.79 Å². The molecular weight excluding hydrogens is 367 g/mol. The van der Waals surface area contributed by atoms with E-state index in [-0.39, 0.29) is 22.9 Å². The van der Waals surface area contributed by atoms with Gasteiger partial charge in [0.15, 0.2) is 0 Å². The van der Waals surface area contributed by atoms with E-state index in [0.29, 0.717) is 17.8 Å². The normalized spacial score (nSPS) is 53.5. The summed E-state index contributed by atoms with van der Waals surface area (Å²) in [7, 11) is 0. The third-order valence-corrected chi connectivity index (χ3v) is 10.3. The van der Waals surface area contributed by atoms with Gasteiger partial charge >= 0.3 is 5.97 Å². The zero-order valence-corrected chi connectivity index (χ0v) is 17.6. The Morgan fingerprint density at radius 3 is 2.54 bits per heavy atom. The molecule has 8 unspecified atom stereocenters. The molecule has 8 atom stereocenters. The topological polar surface area (TPSA) is 26.3 Å². The van der Waals surface area contributed by atoms with Gasteiger partial charge in [0, 0.05) is 24.2 Å². The summed E-state index contributed by atoms with van der Waals surface area (Å²) >= 11 is 13.3. The highest BCUT2D eigenvalue weighted by Gasteiger charge is 2.71. The van der Waals surface area contributed by atoms with Gasteiger partial charge in [0.1, 0.15) is 10.4 Å². The number of alkyl halides is 2. The summed E-state index contributed by atoms with van der Waals surface area (Å²) < 4.78 is 5.25. The summed E-state index contributed by atoms with van der Waals surface area (Å²) in [5.74, 6) is 2.89. The van der Waals surface area contributed by atoms with Crippen LogP contribution in [0.2, 0.25) is 0 Å². The van der Waals surface area contributed by atoms with Crippen LogP contribution >= 0.6 is 23.2 Å². The van der Waals surface area contributed by atoms with Gasteiger partial charge in [-0.3, -0.25) is 4.79 Å². The van der Waals surface area contributed by atoms with Crippen molar-refractivity contribution in [2.75, 3.05) is 0 Å². The van der Waals surface area contributed by atoms with Gasteiger partial charge in [-0.1, -0.05) is 25.5 Å². The highest BCUT2D eigenvalue weighted by Crippen LogP contribution is 2.75. The van der Waals surface area contributed by atoms with Crippen LogP contribution in [0.5, 0.6) is 0 Å². The van der Waals surface area contributed by atoms with E-state index in [1.54, 1.807) is 12.5 Å². The predicted octanol–water partition coefficient (Wildman–Crippen LogP) is 5.91. The molecule has 5 aliphatic rings. The Bertz CT molecular complexity index is 686. The Hall–Kier alpha value is -0.210. The van der Waals surface area contributed by atoms with Crippen LogP contribution in [0.15, 0.2) is 11.6 Å². The molecule has 0 aromatic heterocycles. The molecule has 5 aliphatic carbocycles. The zero-order valence-electron chi connectivity index (χ0n) is 16.1. The number of hydrogen-bond donors (Lipinski definition) is 0. The van der Waals surface area contributed by atoms with Gasteiger partial charge in [0.2, 0.25) is 0 Å². The third kappa shape index (κ3) is 2.15. The highest BCUT2D eigenvalue weighted by atomic mass is 35.5. The number of carbonyl (C=O) groups excluding carboxylic acids is 1. The van der Waals surface area contributed by atoms with E-state index in [2.05, 4.69) is 19.9 Å². The van der Waals surface area contributed by atoms with Crippen LogP contribution in [0.4, 0.5) is 0 Å². The van der Waals surface area contributed by atoms with Crippen LogP contribution in [0.25, 0.3) is 0 Å². The molecule has 4 saturated carbocycles. The van der Waals surface area contributed by atoms with Crippen molar-refractivity contribution in [3.05, 3.63) is 11.6 Å². The minimum Gasteiger partial charge on any atom is -0.462 e. The fraction of sp³-hybridized carbons (Fsp3) is 0.864. The number of carbonyl (C=O) groups is 1. The summed E-state index contributed by atoms with van der Waals surface area (Å²) in [6.45, 7) is 6.43. The molecular formula is C22H30Cl2O2. The number of allylic oxidation sites excluding steroid dienone is 2. The molecule has 0 amide bonds. The van der Waals surface area contributed by atoms with Gasteiger partial charge in [-0.05, 0) is 68.1 Å². The van der Waals surface area contributed by atoms with Crippen molar-refractivity contribution in [2.45, 2.75) is 76.2 Å². The SMILES string of the molecule is CC(=O)OC1CCC2C3CC=C4C5C(CCC4(C)C3CCC12C)C5(Cl)Cl. The minimum atomic E-state index is -0.507. The lowest BCUT2D eigenvalue weighted by Crippen LogP contribution is -2.51. The van der Waals surface area contributed by atoms with Crippen molar-refractivity contribution >= 4 is 29.2 Å². The van der Waals surface area contributed by atoms with Gasteiger partial charge < -0.3 is 4.74 Å². The van der Waals surface area contributed by atoms with Crippen molar-refractivity contribution in [1.29, 1.82) is 0 Å². The second-order valence-corrected chi connectivity index (χ2v) is 11.7. The lowest BCUT2D eigenvalue weighted by Gasteiger charge is -2.57. The molecule has 0 aromatic rings. The molecule has 4 heteroatoms. The summed E-state index contributed by atoms with van der Waals surface area (Å²) in [4.78, 5) is 11.6. The van der Waals surface area contributed by atoms with E-state index in [4.69, 9.17) is 27.9 Å². The van der Waals surface area contributed by atoms with Crippen LogP contribution in [0.1, 0.15) is 65.7 Å². The van der Waals surface area contributed by atoms with Crippen LogP contribution in [-0.4, -0.2) is 16.4 Å². The molecule has 0 saturated heterocycles. The largest absolute Gasteiger partial charge is 0.462 e. The molecule has 0 spiro atoms. The Kier molecular flexibility index (Phi) is 3.74. The van der Waals surface area contributed by atoms with E-state index >= 15 is 0 Å². The second kappa shape index (κ2) is 5.44. The predicted molar refractivity (Wildman–Crippen MR) is 104 cm³/mol. The number of rotatable bonds is 1. The fourth-order valence-electron chi connectivity index (χ4n) is 7.90. The number of esters is 1. The Labute approximate surface area is 167 Å². The third-order valence-electron chi connectivity index (χ3n) is 9.26. The first-order chi connectivity index (χ1) is 12.2. The van der Waals surface area contributed by atoms with Gasteiger partial charge in [-0.15, -0.1) is 23.2 Å². The fourth-order valence-corrected chi connectivity index (χ4v) is 8.79. The maximum absolute atomic E-state index is 11.6. The maximum atomic E-state index is 11.6. The number of ether oxygens (including phenoxy) is 1. The van der Waals surface area contributed by atoms with E-state index in [1.807, 2.05) is 0 Å². The van der Waals surface area contributed by atoms with E-state index < -0.39 is 4.33 Å².